The fourth-order valence-electron chi connectivity index (χ4n) is 1.16. The Morgan fingerprint density at radius 3 is 2.68 bits per heavy atom. The summed E-state index contributed by atoms with van der Waals surface area (Å²) in [5, 5.41) is 16.4. The maximum absolute atomic E-state index is 11.6. The summed E-state index contributed by atoms with van der Waals surface area (Å²) >= 11 is 1.15. The van der Waals surface area contributed by atoms with Crippen molar-refractivity contribution in [3.63, 3.8) is 0 Å². The Labute approximate surface area is 114 Å². The predicted octanol–water partition coefficient (Wildman–Crippen LogP) is -0.538. The second kappa shape index (κ2) is 8.38. The SMILES string of the molecule is CNc1nnc(C(=O)NCCC(=O)NCCOC)s1. The monoisotopic (exact) mass is 287 g/mol. The van der Waals surface area contributed by atoms with Crippen molar-refractivity contribution in [3.8, 4) is 0 Å². The number of nitrogens with zero attached hydrogens (tertiary/aromatic N) is 2. The number of carbonyl (C=O) groups excluding carboxylic acids is 2. The van der Waals surface area contributed by atoms with E-state index >= 15 is 0 Å². The summed E-state index contributed by atoms with van der Waals surface area (Å²) in [7, 11) is 3.26. The summed E-state index contributed by atoms with van der Waals surface area (Å²) in [4.78, 5) is 23.0. The highest BCUT2D eigenvalue weighted by atomic mass is 32.1. The number of hydrogen-bond donors (Lipinski definition) is 3. The van der Waals surface area contributed by atoms with Gasteiger partial charge in [0.05, 0.1) is 6.61 Å². The molecule has 0 radical (unpaired) electrons. The van der Waals surface area contributed by atoms with Crippen LogP contribution in [0.25, 0.3) is 0 Å². The Morgan fingerprint density at radius 1 is 1.26 bits per heavy atom. The van der Waals surface area contributed by atoms with E-state index in [-0.39, 0.29) is 29.8 Å². The van der Waals surface area contributed by atoms with E-state index in [4.69, 9.17) is 4.74 Å². The smallest absolute Gasteiger partial charge is 0.282 e. The second-order valence-electron chi connectivity index (χ2n) is 3.51. The normalized spacial score (nSPS) is 10.0. The molecule has 0 aliphatic heterocycles. The molecular weight excluding hydrogens is 270 g/mol. The van der Waals surface area contributed by atoms with E-state index in [0.717, 1.165) is 11.3 Å². The van der Waals surface area contributed by atoms with Crippen molar-refractivity contribution in [3.05, 3.63) is 5.01 Å². The fourth-order valence-corrected chi connectivity index (χ4v) is 1.78. The first-order valence-corrected chi connectivity index (χ1v) is 6.54. The van der Waals surface area contributed by atoms with Gasteiger partial charge in [0.2, 0.25) is 16.0 Å². The van der Waals surface area contributed by atoms with Gasteiger partial charge in [0.25, 0.3) is 5.91 Å². The van der Waals surface area contributed by atoms with Crippen LogP contribution in [-0.2, 0) is 9.53 Å². The van der Waals surface area contributed by atoms with E-state index in [9.17, 15) is 9.59 Å². The summed E-state index contributed by atoms with van der Waals surface area (Å²) in [6.45, 7) is 1.19. The minimum absolute atomic E-state index is 0.134. The third-order valence-corrected chi connectivity index (χ3v) is 3.04. The number of amides is 2. The third kappa shape index (κ3) is 5.62. The van der Waals surface area contributed by atoms with Gasteiger partial charge in [0.1, 0.15) is 0 Å². The van der Waals surface area contributed by atoms with E-state index in [0.29, 0.717) is 18.3 Å². The van der Waals surface area contributed by atoms with E-state index in [1.165, 1.54) is 0 Å². The molecule has 2 amide bonds. The lowest BCUT2D eigenvalue weighted by molar-refractivity contribution is -0.121. The second-order valence-corrected chi connectivity index (χ2v) is 4.49. The van der Waals surface area contributed by atoms with E-state index < -0.39 is 0 Å². The molecular formula is C10H17N5O3S. The van der Waals surface area contributed by atoms with Gasteiger partial charge < -0.3 is 20.7 Å². The van der Waals surface area contributed by atoms with E-state index in [2.05, 4.69) is 26.1 Å². The van der Waals surface area contributed by atoms with Gasteiger partial charge in [0.15, 0.2) is 0 Å². The van der Waals surface area contributed by atoms with Crippen molar-refractivity contribution in [2.24, 2.45) is 0 Å². The van der Waals surface area contributed by atoms with Crippen molar-refractivity contribution in [2.45, 2.75) is 6.42 Å². The zero-order chi connectivity index (χ0) is 14.1. The molecule has 19 heavy (non-hydrogen) atoms. The van der Waals surface area contributed by atoms with Gasteiger partial charge in [-0.05, 0) is 0 Å². The molecule has 8 nitrogen and oxygen atoms in total. The van der Waals surface area contributed by atoms with Crippen LogP contribution in [0, 0.1) is 0 Å². The van der Waals surface area contributed by atoms with Crippen LogP contribution < -0.4 is 16.0 Å². The standard InChI is InChI=1S/C10H17N5O3S/c1-11-10-15-14-9(19-10)8(17)13-4-3-7(16)12-5-6-18-2/h3-6H2,1-2H3,(H,11,15)(H,12,16)(H,13,17). The zero-order valence-electron chi connectivity index (χ0n) is 10.9. The maximum atomic E-state index is 11.6. The number of ether oxygens (including phenoxy) is 1. The van der Waals surface area contributed by atoms with Crippen LogP contribution in [0.2, 0.25) is 0 Å². The molecule has 1 aromatic heterocycles. The number of carbonyl (C=O) groups is 2. The highest BCUT2D eigenvalue weighted by Crippen LogP contribution is 2.13. The Balaban J connectivity index is 2.21. The number of rotatable bonds is 8. The molecule has 0 aromatic carbocycles. The van der Waals surface area contributed by atoms with Gasteiger partial charge in [-0.15, -0.1) is 10.2 Å². The van der Waals surface area contributed by atoms with Gasteiger partial charge >= 0.3 is 0 Å². The van der Waals surface area contributed by atoms with Gasteiger partial charge in [-0.2, -0.15) is 0 Å². The van der Waals surface area contributed by atoms with Crippen LogP contribution in [0.4, 0.5) is 5.13 Å². The molecule has 0 bridgehead atoms. The number of methoxy groups -OCH3 is 1. The molecule has 3 N–H and O–H groups in total. The average Bonchev–Trinajstić information content (AvgIpc) is 2.87. The summed E-state index contributed by atoms with van der Waals surface area (Å²) in [5.41, 5.74) is 0. The highest BCUT2D eigenvalue weighted by molar-refractivity contribution is 7.17. The van der Waals surface area contributed by atoms with Crippen molar-refractivity contribution >= 4 is 28.3 Å². The summed E-state index contributed by atoms with van der Waals surface area (Å²) in [6.07, 6.45) is 0.215. The Kier molecular flexibility index (Phi) is 6.75. The molecule has 1 heterocycles. The molecule has 0 saturated carbocycles. The molecule has 0 aliphatic rings. The van der Waals surface area contributed by atoms with Gasteiger partial charge in [-0.3, -0.25) is 9.59 Å². The van der Waals surface area contributed by atoms with E-state index in [1.54, 1.807) is 14.2 Å². The summed E-state index contributed by atoms with van der Waals surface area (Å²) < 4.78 is 4.80. The average molecular weight is 287 g/mol. The molecule has 0 unspecified atom stereocenters. The Morgan fingerprint density at radius 2 is 2.05 bits per heavy atom. The molecule has 9 heteroatoms. The lowest BCUT2D eigenvalue weighted by Gasteiger charge is -2.04. The first-order chi connectivity index (χ1) is 9.17. The van der Waals surface area contributed by atoms with Crippen LogP contribution >= 0.6 is 11.3 Å². The minimum atomic E-state index is -0.330. The maximum Gasteiger partial charge on any atom is 0.282 e. The van der Waals surface area contributed by atoms with Gasteiger partial charge in [-0.25, -0.2) is 0 Å². The van der Waals surface area contributed by atoms with Crippen LogP contribution in [0.15, 0.2) is 0 Å². The van der Waals surface area contributed by atoms with E-state index in [1.807, 2.05) is 0 Å². The molecule has 0 spiro atoms. The zero-order valence-corrected chi connectivity index (χ0v) is 11.7. The summed E-state index contributed by atoms with van der Waals surface area (Å²) in [5.74, 6) is -0.464. The number of aromatic nitrogens is 2. The molecule has 0 saturated heterocycles. The van der Waals surface area contributed by atoms with Crippen molar-refractivity contribution in [1.82, 2.24) is 20.8 Å². The molecule has 1 rings (SSSR count). The van der Waals surface area contributed by atoms with Crippen molar-refractivity contribution in [2.75, 3.05) is 39.2 Å². The van der Waals surface area contributed by atoms with Crippen LogP contribution in [0.3, 0.4) is 0 Å². The first kappa shape index (κ1) is 15.3. The highest BCUT2D eigenvalue weighted by Gasteiger charge is 2.12. The van der Waals surface area contributed by atoms with Crippen LogP contribution in [0.5, 0.6) is 0 Å². The van der Waals surface area contributed by atoms with Crippen molar-refractivity contribution in [1.29, 1.82) is 0 Å². The van der Waals surface area contributed by atoms with Gasteiger partial charge in [0, 0.05) is 33.7 Å². The van der Waals surface area contributed by atoms with Crippen molar-refractivity contribution < 1.29 is 14.3 Å². The Bertz CT molecular complexity index is 423. The van der Waals surface area contributed by atoms with Crippen LogP contribution in [-0.4, -0.2) is 55.9 Å². The number of hydrogen-bond acceptors (Lipinski definition) is 7. The molecule has 106 valence electrons. The molecule has 1 aromatic rings. The molecule has 0 aliphatic carbocycles. The Hall–Kier alpha value is -1.74. The first-order valence-electron chi connectivity index (χ1n) is 5.72. The molecule has 0 fully saturated rings. The molecule has 0 atom stereocenters. The fraction of sp³-hybridized carbons (Fsp3) is 0.600. The van der Waals surface area contributed by atoms with Gasteiger partial charge in [-0.1, -0.05) is 11.3 Å². The number of anilines is 1. The number of nitrogens with one attached hydrogen (secondary N) is 3. The summed E-state index contributed by atoms with van der Waals surface area (Å²) in [6, 6.07) is 0. The lowest BCUT2D eigenvalue weighted by atomic mass is 10.4. The van der Waals surface area contributed by atoms with Crippen LogP contribution in [0.1, 0.15) is 16.2 Å². The third-order valence-electron chi connectivity index (χ3n) is 2.10. The lowest BCUT2D eigenvalue weighted by Crippen LogP contribution is -2.32. The predicted molar refractivity (Wildman–Crippen MR) is 71.3 cm³/mol. The largest absolute Gasteiger partial charge is 0.383 e. The minimum Gasteiger partial charge on any atom is -0.383 e. The topological polar surface area (TPSA) is 105 Å². The quantitative estimate of drug-likeness (QED) is 0.555.